The number of hydrogen-bond acceptors (Lipinski definition) is 6. The summed E-state index contributed by atoms with van der Waals surface area (Å²) < 4.78 is 15.7. The SMILES string of the molecule is CCCC(=O)Oc1ccc(NC(=O)OCc2ccccc2)c(OC(=O)CCC)c1. The van der Waals surface area contributed by atoms with Gasteiger partial charge in [0.15, 0.2) is 5.75 Å². The molecule has 2 aromatic rings. The van der Waals surface area contributed by atoms with E-state index >= 15 is 0 Å². The number of nitrogens with one attached hydrogen (secondary N) is 1. The molecule has 0 radical (unpaired) electrons. The Hall–Kier alpha value is -3.35. The number of esters is 2. The highest BCUT2D eigenvalue weighted by Crippen LogP contribution is 2.30. The van der Waals surface area contributed by atoms with E-state index in [1.807, 2.05) is 44.2 Å². The van der Waals surface area contributed by atoms with Gasteiger partial charge in [-0.15, -0.1) is 0 Å². The zero-order valence-corrected chi connectivity index (χ0v) is 16.6. The molecule has 0 fully saturated rings. The molecule has 0 heterocycles. The smallest absolute Gasteiger partial charge is 0.412 e. The molecule has 0 spiro atoms. The van der Waals surface area contributed by atoms with E-state index in [1.165, 1.54) is 18.2 Å². The van der Waals surface area contributed by atoms with E-state index in [0.29, 0.717) is 12.8 Å². The van der Waals surface area contributed by atoms with Crippen LogP contribution in [0.4, 0.5) is 10.5 Å². The van der Waals surface area contributed by atoms with Crippen molar-refractivity contribution >= 4 is 23.7 Å². The Labute approximate surface area is 170 Å². The molecule has 0 atom stereocenters. The van der Waals surface area contributed by atoms with Crippen molar-refractivity contribution in [1.82, 2.24) is 0 Å². The lowest BCUT2D eigenvalue weighted by Gasteiger charge is -2.13. The standard InChI is InChI=1S/C22H25NO6/c1-3-8-20(24)28-17-12-13-18(19(14-17)29-21(25)9-4-2)23-22(26)27-15-16-10-6-5-7-11-16/h5-7,10-14H,3-4,8-9,15H2,1-2H3,(H,23,26). The van der Waals surface area contributed by atoms with Crippen molar-refractivity contribution in [2.45, 2.75) is 46.1 Å². The third-order valence-corrected chi connectivity index (χ3v) is 3.77. The zero-order chi connectivity index (χ0) is 21.1. The molecule has 1 N–H and O–H groups in total. The Morgan fingerprint density at radius 1 is 0.862 bits per heavy atom. The minimum atomic E-state index is -0.697. The van der Waals surface area contributed by atoms with Gasteiger partial charge in [-0.05, 0) is 30.5 Å². The summed E-state index contributed by atoms with van der Waals surface area (Å²) in [5.74, 6) is -0.528. The van der Waals surface area contributed by atoms with E-state index in [9.17, 15) is 14.4 Å². The van der Waals surface area contributed by atoms with Gasteiger partial charge in [0.1, 0.15) is 12.4 Å². The Morgan fingerprint density at radius 3 is 2.17 bits per heavy atom. The quantitative estimate of drug-likeness (QED) is 0.479. The predicted octanol–water partition coefficient (Wildman–Crippen LogP) is 4.85. The summed E-state index contributed by atoms with van der Waals surface area (Å²) in [6.07, 6.45) is 1.07. The molecule has 0 aromatic heterocycles. The minimum Gasteiger partial charge on any atom is -0.444 e. The number of ether oxygens (including phenoxy) is 3. The van der Waals surface area contributed by atoms with Gasteiger partial charge in [-0.1, -0.05) is 44.2 Å². The predicted molar refractivity (Wildman–Crippen MR) is 108 cm³/mol. The Balaban J connectivity index is 2.09. The molecule has 0 saturated heterocycles. The van der Waals surface area contributed by atoms with Crippen LogP contribution in [0.25, 0.3) is 0 Å². The summed E-state index contributed by atoms with van der Waals surface area (Å²) in [5.41, 5.74) is 1.08. The number of anilines is 1. The van der Waals surface area contributed by atoms with Crippen LogP contribution in [0.15, 0.2) is 48.5 Å². The van der Waals surface area contributed by atoms with Crippen LogP contribution in [-0.4, -0.2) is 18.0 Å². The fourth-order valence-corrected chi connectivity index (χ4v) is 2.39. The van der Waals surface area contributed by atoms with E-state index < -0.39 is 12.1 Å². The highest BCUT2D eigenvalue weighted by atomic mass is 16.6. The summed E-state index contributed by atoms with van der Waals surface area (Å²) in [4.78, 5) is 35.8. The first-order chi connectivity index (χ1) is 14.0. The summed E-state index contributed by atoms with van der Waals surface area (Å²) in [7, 11) is 0. The van der Waals surface area contributed by atoms with Crippen LogP contribution < -0.4 is 14.8 Å². The van der Waals surface area contributed by atoms with E-state index in [2.05, 4.69) is 5.32 Å². The third kappa shape index (κ3) is 7.65. The van der Waals surface area contributed by atoms with Gasteiger partial charge in [0.25, 0.3) is 0 Å². The van der Waals surface area contributed by atoms with Crippen molar-refractivity contribution in [3.8, 4) is 11.5 Å². The Bertz CT molecular complexity index is 834. The molecule has 0 aliphatic carbocycles. The summed E-state index contributed by atoms with van der Waals surface area (Å²) >= 11 is 0. The highest BCUT2D eigenvalue weighted by molar-refractivity contribution is 5.88. The van der Waals surface area contributed by atoms with Gasteiger partial charge >= 0.3 is 18.0 Å². The number of carbonyl (C=O) groups excluding carboxylic acids is 3. The van der Waals surface area contributed by atoms with Gasteiger partial charge in [-0.3, -0.25) is 14.9 Å². The average molecular weight is 399 g/mol. The molecule has 1 amide bonds. The van der Waals surface area contributed by atoms with E-state index in [-0.39, 0.29) is 42.6 Å². The van der Waals surface area contributed by atoms with Crippen molar-refractivity contribution in [2.24, 2.45) is 0 Å². The molecule has 7 heteroatoms. The number of amides is 1. The van der Waals surface area contributed by atoms with Crippen LogP contribution in [-0.2, 0) is 20.9 Å². The van der Waals surface area contributed by atoms with E-state index in [4.69, 9.17) is 14.2 Å². The monoisotopic (exact) mass is 399 g/mol. The fourth-order valence-electron chi connectivity index (χ4n) is 2.39. The average Bonchev–Trinajstić information content (AvgIpc) is 2.69. The van der Waals surface area contributed by atoms with Gasteiger partial charge in [0.05, 0.1) is 5.69 Å². The number of rotatable bonds is 9. The first-order valence-corrected chi connectivity index (χ1v) is 9.55. The van der Waals surface area contributed by atoms with Gasteiger partial charge < -0.3 is 14.2 Å². The van der Waals surface area contributed by atoms with Crippen LogP contribution in [0.2, 0.25) is 0 Å². The lowest BCUT2D eigenvalue weighted by molar-refractivity contribution is -0.134. The van der Waals surface area contributed by atoms with Gasteiger partial charge in [0, 0.05) is 18.9 Å². The van der Waals surface area contributed by atoms with E-state index in [0.717, 1.165) is 5.56 Å². The van der Waals surface area contributed by atoms with Crippen molar-refractivity contribution in [3.05, 3.63) is 54.1 Å². The number of hydrogen-bond donors (Lipinski definition) is 1. The maximum absolute atomic E-state index is 12.1. The topological polar surface area (TPSA) is 90.9 Å². The van der Waals surface area contributed by atoms with Crippen LogP contribution in [0.5, 0.6) is 11.5 Å². The van der Waals surface area contributed by atoms with Crippen LogP contribution in [0, 0.1) is 0 Å². The van der Waals surface area contributed by atoms with Crippen molar-refractivity contribution in [2.75, 3.05) is 5.32 Å². The molecule has 0 aliphatic heterocycles. The second kappa shape index (κ2) is 11.5. The molecule has 0 bridgehead atoms. The van der Waals surface area contributed by atoms with Crippen molar-refractivity contribution < 1.29 is 28.6 Å². The number of benzene rings is 2. The Kier molecular flexibility index (Phi) is 8.69. The first-order valence-electron chi connectivity index (χ1n) is 9.55. The normalized spacial score (nSPS) is 10.1. The lowest BCUT2D eigenvalue weighted by atomic mass is 10.2. The second-order valence-electron chi connectivity index (χ2n) is 6.29. The molecule has 2 aromatic carbocycles. The third-order valence-electron chi connectivity index (χ3n) is 3.77. The van der Waals surface area contributed by atoms with Gasteiger partial charge in [-0.25, -0.2) is 4.79 Å². The summed E-state index contributed by atoms with van der Waals surface area (Å²) in [6, 6.07) is 13.6. The van der Waals surface area contributed by atoms with Gasteiger partial charge in [0.2, 0.25) is 0 Å². The molecule has 0 saturated carbocycles. The zero-order valence-electron chi connectivity index (χ0n) is 16.6. The van der Waals surface area contributed by atoms with Gasteiger partial charge in [-0.2, -0.15) is 0 Å². The summed E-state index contributed by atoms with van der Waals surface area (Å²) in [6.45, 7) is 3.82. The molecule has 0 aliphatic rings. The lowest BCUT2D eigenvalue weighted by Crippen LogP contribution is -2.16. The molecule has 7 nitrogen and oxygen atoms in total. The molecule has 0 unspecified atom stereocenters. The minimum absolute atomic E-state index is 0.0851. The maximum Gasteiger partial charge on any atom is 0.412 e. The fraction of sp³-hybridized carbons (Fsp3) is 0.318. The molecular formula is C22H25NO6. The molecular weight excluding hydrogens is 374 g/mol. The largest absolute Gasteiger partial charge is 0.444 e. The van der Waals surface area contributed by atoms with Crippen LogP contribution >= 0.6 is 0 Å². The van der Waals surface area contributed by atoms with E-state index in [1.54, 1.807) is 0 Å². The van der Waals surface area contributed by atoms with Crippen LogP contribution in [0.3, 0.4) is 0 Å². The number of carbonyl (C=O) groups is 3. The summed E-state index contributed by atoms with van der Waals surface area (Å²) in [5, 5.41) is 2.56. The molecule has 2 rings (SSSR count). The van der Waals surface area contributed by atoms with Crippen LogP contribution in [0.1, 0.15) is 45.1 Å². The second-order valence-corrected chi connectivity index (χ2v) is 6.29. The maximum atomic E-state index is 12.1. The van der Waals surface area contributed by atoms with Crippen molar-refractivity contribution in [3.63, 3.8) is 0 Å². The van der Waals surface area contributed by atoms with Crippen molar-refractivity contribution in [1.29, 1.82) is 0 Å². The highest BCUT2D eigenvalue weighted by Gasteiger charge is 2.15. The molecule has 29 heavy (non-hydrogen) atoms. The molecule has 154 valence electrons. The Morgan fingerprint density at radius 2 is 1.52 bits per heavy atom. The first kappa shape index (κ1) is 21.9.